The van der Waals surface area contributed by atoms with Crippen molar-refractivity contribution < 1.29 is 0 Å². The molecule has 0 atom stereocenters. The summed E-state index contributed by atoms with van der Waals surface area (Å²) in [6.07, 6.45) is 0.669. The molecule has 0 amide bonds. The first kappa shape index (κ1) is 14.9. The molecule has 0 aliphatic rings. The standard InChI is InChI=1S/C14H13BrCl2N4/c1-8-13-14(20(2)19-8)21(12(18-13)5-6-16)11-4-3-9(15)7-10(11)17/h3-4,7H,5-6H2,1-2H3. The van der Waals surface area contributed by atoms with Gasteiger partial charge in [0.2, 0.25) is 0 Å². The number of imidazole rings is 1. The second kappa shape index (κ2) is 5.63. The lowest BCUT2D eigenvalue weighted by Crippen LogP contribution is -2.06. The first-order chi connectivity index (χ1) is 10.0. The van der Waals surface area contributed by atoms with Gasteiger partial charge >= 0.3 is 0 Å². The Morgan fingerprint density at radius 1 is 1.33 bits per heavy atom. The summed E-state index contributed by atoms with van der Waals surface area (Å²) in [7, 11) is 1.91. The first-order valence-electron chi connectivity index (χ1n) is 6.45. The molecular formula is C14H13BrCl2N4. The molecule has 0 bridgehead atoms. The molecule has 110 valence electrons. The van der Waals surface area contributed by atoms with Gasteiger partial charge in [-0.05, 0) is 25.1 Å². The van der Waals surface area contributed by atoms with Gasteiger partial charge in [0, 0.05) is 23.8 Å². The maximum atomic E-state index is 6.41. The number of benzene rings is 1. The van der Waals surface area contributed by atoms with E-state index < -0.39 is 0 Å². The van der Waals surface area contributed by atoms with Crippen molar-refractivity contribution in [3.05, 3.63) is 39.2 Å². The second-order valence-corrected chi connectivity index (χ2v) is 6.48. The van der Waals surface area contributed by atoms with Gasteiger partial charge in [0.1, 0.15) is 11.3 Å². The molecule has 0 aliphatic heterocycles. The topological polar surface area (TPSA) is 35.6 Å². The molecule has 0 saturated carbocycles. The lowest BCUT2D eigenvalue weighted by molar-refractivity contribution is 0.751. The average Bonchev–Trinajstić information content (AvgIpc) is 2.90. The van der Waals surface area contributed by atoms with Gasteiger partial charge in [-0.15, -0.1) is 11.6 Å². The van der Waals surface area contributed by atoms with Crippen molar-refractivity contribution in [1.82, 2.24) is 19.3 Å². The summed E-state index contributed by atoms with van der Waals surface area (Å²) in [6.45, 7) is 1.95. The van der Waals surface area contributed by atoms with E-state index in [1.165, 1.54) is 0 Å². The van der Waals surface area contributed by atoms with E-state index in [9.17, 15) is 0 Å². The third kappa shape index (κ3) is 2.47. The number of rotatable bonds is 3. The number of fused-ring (bicyclic) bond motifs is 1. The first-order valence-corrected chi connectivity index (χ1v) is 8.15. The smallest absolute Gasteiger partial charge is 0.163 e. The molecule has 0 unspecified atom stereocenters. The van der Waals surface area contributed by atoms with Gasteiger partial charge in [0.05, 0.1) is 16.4 Å². The molecule has 4 nitrogen and oxygen atoms in total. The highest BCUT2D eigenvalue weighted by molar-refractivity contribution is 9.10. The van der Waals surface area contributed by atoms with Crippen LogP contribution in [0.2, 0.25) is 5.02 Å². The fourth-order valence-corrected chi connectivity index (χ4v) is 3.41. The molecule has 0 radical (unpaired) electrons. The average molecular weight is 388 g/mol. The molecule has 3 rings (SSSR count). The molecule has 0 saturated heterocycles. The molecule has 3 aromatic rings. The molecule has 0 spiro atoms. The number of halogens is 3. The van der Waals surface area contributed by atoms with E-state index in [1.54, 1.807) is 0 Å². The molecule has 2 heterocycles. The van der Waals surface area contributed by atoms with Crippen LogP contribution in [-0.2, 0) is 13.5 Å². The molecule has 2 aromatic heterocycles. The van der Waals surface area contributed by atoms with Gasteiger partial charge in [0.25, 0.3) is 0 Å². The minimum Gasteiger partial charge on any atom is -0.279 e. The minimum absolute atomic E-state index is 0.504. The summed E-state index contributed by atoms with van der Waals surface area (Å²) in [5.74, 6) is 1.39. The fraction of sp³-hybridized carbons (Fsp3) is 0.286. The SMILES string of the molecule is Cc1nn(C)c2c1nc(CCCl)n2-c1ccc(Br)cc1Cl. The van der Waals surface area contributed by atoms with Crippen LogP contribution in [0.15, 0.2) is 22.7 Å². The van der Waals surface area contributed by atoms with Crippen LogP contribution in [0.1, 0.15) is 11.5 Å². The number of aryl methyl sites for hydroxylation is 3. The Bertz CT molecular complexity index is 822. The number of hydrogen-bond donors (Lipinski definition) is 0. The second-order valence-electron chi connectivity index (χ2n) is 4.78. The highest BCUT2D eigenvalue weighted by Gasteiger charge is 2.19. The normalized spacial score (nSPS) is 11.5. The molecule has 0 N–H and O–H groups in total. The lowest BCUT2D eigenvalue weighted by atomic mass is 10.3. The Labute approximate surface area is 140 Å². The Kier molecular flexibility index (Phi) is 3.99. The zero-order valence-electron chi connectivity index (χ0n) is 11.6. The van der Waals surface area contributed by atoms with Crippen LogP contribution in [0.5, 0.6) is 0 Å². The predicted octanol–water partition coefficient (Wildman–Crippen LogP) is 4.26. The van der Waals surface area contributed by atoms with E-state index in [1.807, 2.05) is 41.4 Å². The summed E-state index contributed by atoms with van der Waals surface area (Å²) in [5.41, 5.74) is 3.59. The maximum Gasteiger partial charge on any atom is 0.163 e. The van der Waals surface area contributed by atoms with Crippen LogP contribution >= 0.6 is 39.1 Å². The van der Waals surface area contributed by atoms with Crippen LogP contribution in [0.4, 0.5) is 0 Å². The number of aromatic nitrogens is 4. The zero-order valence-corrected chi connectivity index (χ0v) is 14.7. The largest absolute Gasteiger partial charge is 0.279 e. The van der Waals surface area contributed by atoms with Crippen molar-refractivity contribution in [3.63, 3.8) is 0 Å². The lowest BCUT2D eigenvalue weighted by Gasteiger charge is -2.11. The summed E-state index contributed by atoms with van der Waals surface area (Å²) in [6, 6.07) is 5.80. The zero-order chi connectivity index (χ0) is 15.1. The van der Waals surface area contributed by atoms with E-state index in [4.69, 9.17) is 23.2 Å². The summed E-state index contributed by atoms with van der Waals surface area (Å²) < 4.78 is 4.80. The molecular weight excluding hydrogens is 375 g/mol. The highest BCUT2D eigenvalue weighted by atomic mass is 79.9. The van der Waals surface area contributed by atoms with E-state index in [0.717, 1.165) is 32.8 Å². The number of nitrogens with zero attached hydrogens (tertiary/aromatic N) is 4. The van der Waals surface area contributed by atoms with E-state index in [0.29, 0.717) is 17.3 Å². The highest BCUT2D eigenvalue weighted by Crippen LogP contribution is 2.30. The molecule has 0 fully saturated rings. The predicted molar refractivity (Wildman–Crippen MR) is 89.7 cm³/mol. The summed E-state index contributed by atoms with van der Waals surface area (Å²) in [4.78, 5) is 4.69. The third-order valence-electron chi connectivity index (χ3n) is 3.34. The quantitative estimate of drug-likeness (QED) is 0.629. The Morgan fingerprint density at radius 3 is 2.76 bits per heavy atom. The van der Waals surface area contributed by atoms with Crippen molar-refractivity contribution in [1.29, 1.82) is 0 Å². The van der Waals surface area contributed by atoms with Crippen molar-refractivity contribution in [2.45, 2.75) is 13.3 Å². The minimum atomic E-state index is 0.504. The van der Waals surface area contributed by atoms with Crippen LogP contribution in [0, 0.1) is 6.92 Å². The van der Waals surface area contributed by atoms with Gasteiger partial charge in [-0.25, -0.2) is 9.67 Å². The van der Waals surface area contributed by atoms with Crippen LogP contribution in [0.3, 0.4) is 0 Å². The molecule has 0 aliphatic carbocycles. The van der Waals surface area contributed by atoms with Crippen molar-refractivity contribution in [2.75, 3.05) is 5.88 Å². The monoisotopic (exact) mass is 386 g/mol. The van der Waals surface area contributed by atoms with E-state index in [-0.39, 0.29) is 0 Å². The van der Waals surface area contributed by atoms with Gasteiger partial charge in [-0.1, -0.05) is 27.5 Å². The third-order valence-corrected chi connectivity index (χ3v) is 4.33. The molecule has 21 heavy (non-hydrogen) atoms. The number of alkyl halides is 1. The summed E-state index contributed by atoms with van der Waals surface area (Å²) in [5, 5.41) is 5.08. The molecule has 1 aromatic carbocycles. The van der Waals surface area contributed by atoms with E-state index in [2.05, 4.69) is 26.0 Å². The Morgan fingerprint density at radius 2 is 2.10 bits per heavy atom. The van der Waals surface area contributed by atoms with Gasteiger partial charge in [-0.3, -0.25) is 4.57 Å². The Hall–Kier alpha value is -1.04. The van der Waals surface area contributed by atoms with Gasteiger partial charge in [-0.2, -0.15) is 5.10 Å². The van der Waals surface area contributed by atoms with Gasteiger partial charge < -0.3 is 0 Å². The number of hydrogen-bond acceptors (Lipinski definition) is 2. The van der Waals surface area contributed by atoms with Crippen LogP contribution in [0.25, 0.3) is 16.9 Å². The van der Waals surface area contributed by atoms with Crippen molar-refractivity contribution in [3.8, 4) is 5.69 Å². The Balaban J connectivity index is 2.35. The van der Waals surface area contributed by atoms with Gasteiger partial charge in [0.15, 0.2) is 5.65 Å². The van der Waals surface area contributed by atoms with Crippen molar-refractivity contribution in [2.24, 2.45) is 7.05 Å². The fourth-order valence-electron chi connectivity index (χ4n) is 2.49. The molecule has 7 heteroatoms. The maximum absolute atomic E-state index is 6.41. The van der Waals surface area contributed by atoms with Crippen LogP contribution < -0.4 is 0 Å². The summed E-state index contributed by atoms with van der Waals surface area (Å²) >= 11 is 15.8. The van der Waals surface area contributed by atoms with Crippen LogP contribution in [-0.4, -0.2) is 25.2 Å². The van der Waals surface area contributed by atoms with Crippen molar-refractivity contribution >= 4 is 50.3 Å². The van der Waals surface area contributed by atoms with E-state index >= 15 is 0 Å².